The summed E-state index contributed by atoms with van der Waals surface area (Å²) >= 11 is 0. The first-order chi connectivity index (χ1) is 27.2. The predicted octanol–water partition coefficient (Wildman–Crippen LogP) is 12.4. The minimum atomic E-state index is 0.558. The van der Waals surface area contributed by atoms with E-state index in [4.69, 9.17) is 0 Å². The van der Waals surface area contributed by atoms with Crippen LogP contribution in [0.5, 0.6) is 0 Å². The van der Waals surface area contributed by atoms with Gasteiger partial charge in [-0.2, -0.15) is 10.5 Å². The molecule has 0 spiro atoms. The third-order valence-electron chi connectivity index (χ3n) is 11.1. The summed E-state index contributed by atoms with van der Waals surface area (Å²) in [6, 6.07) is 66.0. The van der Waals surface area contributed by atoms with E-state index in [1.54, 1.807) is 0 Å². The van der Waals surface area contributed by atoms with E-state index < -0.39 is 0 Å². The van der Waals surface area contributed by atoms with Gasteiger partial charge in [-0.25, -0.2) is 0 Å². The van der Waals surface area contributed by atoms with Crippen LogP contribution in [0.3, 0.4) is 0 Å². The Balaban J connectivity index is 1.16. The van der Waals surface area contributed by atoms with Gasteiger partial charge in [-0.3, -0.25) is 0 Å². The van der Waals surface area contributed by atoms with Gasteiger partial charge in [-0.05, 0) is 77.9 Å². The van der Waals surface area contributed by atoms with Gasteiger partial charge in [0, 0.05) is 38.0 Å². The molecule has 0 aliphatic carbocycles. The molecule has 3 heterocycles. The van der Waals surface area contributed by atoms with Gasteiger partial charge in [0.1, 0.15) is 6.07 Å². The second-order valence-electron chi connectivity index (χ2n) is 14.0. The van der Waals surface area contributed by atoms with Crippen molar-refractivity contribution in [2.75, 3.05) is 0 Å². The van der Waals surface area contributed by atoms with Crippen molar-refractivity contribution in [3.05, 3.63) is 187 Å². The van der Waals surface area contributed by atoms with E-state index in [1.165, 1.54) is 32.6 Å². The molecule has 5 heteroatoms. The second kappa shape index (κ2) is 11.8. The lowest BCUT2D eigenvalue weighted by Gasteiger charge is -2.16. The zero-order valence-electron chi connectivity index (χ0n) is 29.5. The molecule has 0 amide bonds. The van der Waals surface area contributed by atoms with Gasteiger partial charge in [-0.1, -0.05) is 109 Å². The average Bonchev–Trinajstić information content (AvgIpc) is 3.89. The van der Waals surface area contributed by atoms with Crippen molar-refractivity contribution in [1.82, 2.24) is 13.7 Å². The van der Waals surface area contributed by atoms with E-state index in [0.29, 0.717) is 11.1 Å². The highest BCUT2D eigenvalue weighted by atomic mass is 15.1. The summed E-state index contributed by atoms with van der Waals surface area (Å²) in [4.78, 5) is 0. The fourth-order valence-corrected chi connectivity index (χ4v) is 8.75. The molecule has 0 unspecified atom stereocenters. The first-order valence-corrected chi connectivity index (χ1v) is 18.3. The van der Waals surface area contributed by atoms with E-state index in [2.05, 4.69) is 159 Å². The minimum Gasteiger partial charge on any atom is -0.308 e. The Kier molecular flexibility index (Phi) is 6.61. The summed E-state index contributed by atoms with van der Waals surface area (Å²) in [6.07, 6.45) is 0. The number of nitrogens with zero attached hydrogens (tertiary/aromatic N) is 5. The van der Waals surface area contributed by atoms with Gasteiger partial charge in [0.15, 0.2) is 0 Å². The molecule has 3 aromatic heterocycles. The van der Waals surface area contributed by atoms with Crippen LogP contribution in [0.15, 0.2) is 176 Å². The Hall–Kier alpha value is -7.86. The normalized spacial score (nSPS) is 11.6. The SMILES string of the molecule is N#Cc1ccc2c3ccccc3n(-c3cc(-c4cccc(-n5c6ccccc6c6cccc(-n7c8ccccc8c8ccccc87)c65)c4)ccc3C#N)c2c1. The molecule has 0 atom stereocenters. The summed E-state index contributed by atoms with van der Waals surface area (Å²) in [7, 11) is 0. The highest BCUT2D eigenvalue weighted by Gasteiger charge is 2.21. The Morgan fingerprint density at radius 2 is 0.873 bits per heavy atom. The molecule has 11 aromatic rings. The first-order valence-electron chi connectivity index (χ1n) is 18.3. The predicted molar refractivity (Wildman–Crippen MR) is 224 cm³/mol. The smallest absolute Gasteiger partial charge is 0.101 e. The number of hydrogen-bond donors (Lipinski definition) is 0. The van der Waals surface area contributed by atoms with Gasteiger partial charge in [-0.15, -0.1) is 0 Å². The summed E-state index contributed by atoms with van der Waals surface area (Å²) < 4.78 is 6.93. The first kappa shape index (κ1) is 30.7. The van der Waals surface area contributed by atoms with E-state index in [9.17, 15) is 10.5 Å². The quantitative estimate of drug-likeness (QED) is 0.184. The largest absolute Gasteiger partial charge is 0.308 e. The van der Waals surface area contributed by atoms with Crippen molar-refractivity contribution < 1.29 is 0 Å². The van der Waals surface area contributed by atoms with E-state index in [1.807, 2.05) is 42.5 Å². The maximum atomic E-state index is 10.4. The lowest BCUT2D eigenvalue weighted by atomic mass is 10.0. The van der Waals surface area contributed by atoms with E-state index in [-0.39, 0.29) is 0 Å². The van der Waals surface area contributed by atoms with Crippen molar-refractivity contribution in [1.29, 1.82) is 10.5 Å². The number of para-hydroxylation sites is 5. The van der Waals surface area contributed by atoms with Gasteiger partial charge >= 0.3 is 0 Å². The number of nitriles is 2. The molecule has 0 bridgehead atoms. The third-order valence-corrected chi connectivity index (χ3v) is 11.1. The number of rotatable bonds is 4. The Labute approximate surface area is 316 Å². The highest BCUT2D eigenvalue weighted by Crippen LogP contribution is 2.41. The fraction of sp³-hybridized carbons (Fsp3) is 0. The van der Waals surface area contributed by atoms with E-state index in [0.717, 1.165) is 61.0 Å². The van der Waals surface area contributed by atoms with Crippen molar-refractivity contribution in [2.24, 2.45) is 0 Å². The minimum absolute atomic E-state index is 0.558. The summed E-state index contributed by atoms with van der Waals surface area (Å²) in [5.74, 6) is 0. The molecule has 0 fully saturated rings. The standard InChI is InChI=1S/C50H29N5/c51-30-32-23-26-41-39-15-3-8-21-46(39)55(49(41)27-32)48-29-34(24-25-35(48)31-52)33-11-9-12-36(28-33)53-43-18-5-4-16-40(43)42-17-10-22-47(50(42)53)54-44-19-6-1-13-37(44)38-14-2-7-20-45(38)54/h1-29H. The number of hydrogen-bond acceptors (Lipinski definition) is 2. The molecule has 11 rings (SSSR count). The maximum absolute atomic E-state index is 10.4. The Morgan fingerprint density at radius 3 is 1.51 bits per heavy atom. The maximum Gasteiger partial charge on any atom is 0.101 e. The molecule has 55 heavy (non-hydrogen) atoms. The topological polar surface area (TPSA) is 62.4 Å². The van der Waals surface area contributed by atoms with E-state index >= 15 is 0 Å². The van der Waals surface area contributed by atoms with Crippen LogP contribution in [0.1, 0.15) is 11.1 Å². The lowest BCUT2D eigenvalue weighted by molar-refractivity contribution is 1.13. The van der Waals surface area contributed by atoms with Crippen LogP contribution < -0.4 is 0 Å². The average molecular weight is 700 g/mol. The zero-order chi connectivity index (χ0) is 36.6. The van der Waals surface area contributed by atoms with Crippen molar-refractivity contribution >= 4 is 65.4 Å². The lowest BCUT2D eigenvalue weighted by Crippen LogP contribution is -2.01. The van der Waals surface area contributed by atoms with Crippen LogP contribution in [0, 0.1) is 22.7 Å². The molecule has 0 saturated heterocycles. The molecule has 5 nitrogen and oxygen atoms in total. The molecule has 0 radical (unpaired) electrons. The van der Waals surface area contributed by atoms with Crippen molar-refractivity contribution in [2.45, 2.75) is 0 Å². The second-order valence-corrected chi connectivity index (χ2v) is 14.0. The van der Waals surface area contributed by atoms with Gasteiger partial charge in [0.25, 0.3) is 0 Å². The van der Waals surface area contributed by atoms with Crippen LogP contribution >= 0.6 is 0 Å². The van der Waals surface area contributed by atoms with Gasteiger partial charge in [0.2, 0.25) is 0 Å². The van der Waals surface area contributed by atoms with Crippen LogP contribution in [-0.2, 0) is 0 Å². The molecule has 0 aliphatic rings. The van der Waals surface area contributed by atoms with Crippen molar-refractivity contribution in [3.63, 3.8) is 0 Å². The number of benzene rings is 8. The highest BCUT2D eigenvalue weighted by molar-refractivity contribution is 6.15. The van der Waals surface area contributed by atoms with Crippen LogP contribution in [0.4, 0.5) is 0 Å². The van der Waals surface area contributed by atoms with Crippen molar-refractivity contribution in [3.8, 4) is 40.3 Å². The monoisotopic (exact) mass is 699 g/mol. The number of fused-ring (bicyclic) bond motifs is 9. The third kappa shape index (κ3) is 4.45. The Morgan fingerprint density at radius 1 is 0.345 bits per heavy atom. The summed E-state index contributed by atoms with van der Waals surface area (Å²) in [6.45, 7) is 0. The molecule has 254 valence electrons. The summed E-state index contributed by atoms with van der Waals surface area (Å²) in [5.41, 5.74) is 12.5. The fourth-order valence-electron chi connectivity index (χ4n) is 8.75. The van der Waals surface area contributed by atoms with Crippen LogP contribution in [-0.4, -0.2) is 13.7 Å². The molecular weight excluding hydrogens is 671 g/mol. The molecular formula is C50H29N5. The molecule has 8 aromatic carbocycles. The molecule has 0 saturated carbocycles. The number of aromatic nitrogens is 3. The zero-order valence-corrected chi connectivity index (χ0v) is 29.5. The van der Waals surface area contributed by atoms with Gasteiger partial charge < -0.3 is 13.7 Å². The van der Waals surface area contributed by atoms with Crippen LogP contribution in [0.2, 0.25) is 0 Å². The Bertz CT molecular complexity index is 3420. The van der Waals surface area contributed by atoms with Gasteiger partial charge in [0.05, 0.1) is 61.7 Å². The summed E-state index contributed by atoms with van der Waals surface area (Å²) in [5, 5.41) is 27.2. The molecule has 0 N–H and O–H groups in total. The van der Waals surface area contributed by atoms with Crippen LogP contribution in [0.25, 0.3) is 93.6 Å². The molecule has 0 aliphatic heterocycles.